The van der Waals surface area contributed by atoms with Crippen LogP contribution < -0.4 is 5.73 Å². The summed E-state index contributed by atoms with van der Waals surface area (Å²) in [4.78, 5) is 0. The van der Waals surface area contributed by atoms with Gasteiger partial charge in [-0.25, -0.2) is 4.68 Å². The van der Waals surface area contributed by atoms with E-state index in [1.165, 1.54) is 5.56 Å². The average molecular weight is 313 g/mol. The third-order valence-corrected chi connectivity index (χ3v) is 4.06. The molecule has 0 atom stereocenters. The maximum absolute atomic E-state index is 6.23. The van der Waals surface area contributed by atoms with E-state index >= 15 is 0 Å². The molecule has 0 aliphatic rings. The number of rotatable bonds is 4. The van der Waals surface area contributed by atoms with Crippen LogP contribution in [0.5, 0.6) is 0 Å². The summed E-state index contributed by atoms with van der Waals surface area (Å²) in [5, 5.41) is 9.17. The third kappa shape index (κ3) is 2.89. The Balaban J connectivity index is 2.05. The molecule has 2 N–H and O–H groups in total. The summed E-state index contributed by atoms with van der Waals surface area (Å²) in [7, 11) is 0. The second-order valence-electron chi connectivity index (χ2n) is 5.19. The number of hydrogen-bond acceptors (Lipinski definition) is 3. The van der Waals surface area contributed by atoms with Crippen LogP contribution in [-0.2, 0) is 13.0 Å². The van der Waals surface area contributed by atoms with Gasteiger partial charge < -0.3 is 5.73 Å². The largest absolute Gasteiger partial charge is 0.325 e. The zero-order valence-electron chi connectivity index (χ0n) is 12.3. The van der Waals surface area contributed by atoms with Crippen LogP contribution in [0, 0.1) is 6.92 Å². The van der Waals surface area contributed by atoms with Crippen molar-refractivity contribution in [2.75, 3.05) is 0 Å². The Labute approximate surface area is 134 Å². The summed E-state index contributed by atoms with van der Waals surface area (Å²) in [5.41, 5.74) is 10.7. The van der Waals surface area contributed by atoms with Crippen LogP contribution in [0.25, 0.3) is 5.69 Å². The molecule has 0 fully saturated rings. The van der Waals surface area contributed by atoms with Crippen molar-refractivity contribution in [1.29, 1.82) is 0 Å². The normalized spacial score (nSPS) is 10.9. The van der Waals surface area contributed by atoms with Gasteiger partial charge in [0.15, 0.2) is 0 Å². The predicted molar refractivity (Wildman–Crippen MR) is 88.2 cm³/mol. The molecule has 112 valence electrons. The smallest absolute Gasteiger partial charge is 0.100 e. The molecule has 2 aromatic carbocycles. The Bertz CT molecular complexity index is 781. The monoisotopic (exact) mass is 312 g/mol. The van der Waals surface area contributed by atoms with Gasteiger partial charge in [-0.3, -0.25) is 0 Å². The van der Waals surface area contributed by atoms with Crippen molar-refractivity contribution >= 4 is 11.6 Å². The van der Waals surface area contributed by atoms with E-state index in [0.29, 0.717) is 11.6 Å². The third-order valence-electron chi connectivity index (χ3n) is 3.65. The van der Waals surface area contributed by atoms with Gasteiger partial charge in [0.25, 0.3) is 0 Å². The second-order valence-corrected chi connectivity index (χ2v) is 5.60. The van der Waals surface area contributed by atoms with Crippen molar-refractivity contribution in [2.24, 2.45) is 5.73 Å². The maximum atomic E-state index is 6.23. The minimum Gasteiger partial charge on any atom is -0.325 e. The van der Waals surface area contributed by atoms with Crippen molar-refractivity contribution in [3.63, 3.8) is 0 Å². The van der Waals surface area contributed by atoms with Crippen LogP contribution in [0.15, 0.2) is 48.5 Å². The Morgan fingerprint density at radius 1 is 1.14 bits per heavy atom. The van der Waals surface area contributed by atoms with Gasteiger partial charge in [0, 0.05) is 18.0 Å². The first-order valence-electron chi connectivity index (χ1n) is 7.13. The Morgan fingerprint density at radius 2 is 1.91 bits per heavy atom. The molecular weight excluding hydrogens is 296 g/mol. The quantitative estimate of drug-likeness (QED) is 0.804. The Morgan fingerprint density at radius 3 is 2.59 bits per heavy atom. The lowest BCUT2D eigenvalue weighted by Gasteiger charge is -2.09. The molecule has 0 bridgehead atoms. The fourth-order valence-electron chi connectivity index (χ4n) is 2.38. The van der Waals surface area contributed by atoms with E-state index in [4.69, 9.17) is 17.3 Å². The first-order chi connectivity index (χ1) is 10.7. The summed E-state index contributed by atoms with van der Waals surface area (Å²) < 4.78 is 1.82. The van der Waals surface area contributed by atoms with Crippen molar-refractivity contribution in [1.82, 2.24) is 15.0 Å². The highest BCUT2D eigenvalue weighted by molar-refractivity contribution is 6.31. The van der Waals surface area contributed by atoms with Gasteiger partial charge in [0.05, 0.1) is 11.4 Å². The van der Waals surface area contributed by atoms with Crippen LogP contribution >= 0.6 is 11.6 Å². The summed E-state index contributed by atoms with van der Waals surface area (Å²) in [6, 6.07) is 16.1. The standard InChI is InChI=1S/C17H17ClN4/c1-12-7-8-14(10-15(12)18)22-17(16(11-19)20-21-22)9-13-5-3-2-4-6-13/h2-8,10H,9,11,19H2,1H3. The molecular formula is C17H17ClN4. The summed E-state index contributed by atoms with van der Waals surface area (Å²) in [6.07, 6.45) is 0.728. The number of nitrogens with zero attached hydrogens (tertiary/aromatic N) is 3. The second kappa shape index (κ2) is 6.30. The van der Waals surface area contributed by atoms with E-state index in [1.807, 2.05) is 48.0 Å². The summed E-state index contributed by atoms with van der Waals surface area (Å²) in [6.45, 7) is 2.34. The Hall–Kier alpha value is -2.17. The molecule has 4 nitrogen and oxygen atoms in total. The molecule has 5 heteroatoms. The molecule has 1 aromatic heterocycles. The van der Waals surface area contributed by atoms with Crippen molar-refractivity contribution in [3.8, 4) is 5.69 Å². The fourth-order valence-corrected chi connectivity index (χ4v) is 2.55. The predicted octanol–water partition coefficient (Wildman–Crippen LogP) is 3.28. The molecule has 0 saturated carbocycles. The topological polar surface area (TPSA) is 56.7 Å². The lowest BCUT2D eigenvalue weighted by atomic mass is 10.1. The number of nitrogens with two attached hydrogens (primary N) is 1. The van der Waals surface area contributed by atoms with Crippen LogP contribution in [-0.4, -0.2) is 15.0 Å². The van der Waals surface area contributed by atoms with Gasteiger partial charge >= 0.3 is 0 Å². The lowest BCUT2D eigenvalue weighted by Crippen LogP contribution is -2.07. The van der Waals surface area contributed by atoms with Gasteiger partial charge in [-0.2, -0.15) is 0 Å². The first-order valence-corrected chi connectivity index (χ1v) is 7.51. The average Bonchev–Trinajstić information content (AvgIpc) is 2.94. The van der Waals surface area contributed by atoms with Crippen LogP contribution in [0.2, 0.25) is 5.02 Å². The molecule has 1 heterocycles. The van der Waals surface area contributed by atoms with Crippen LogP contribution in [0.4, 0.5) is 0 Å². The highest BCUT2D eigenvalue weighted by atomic mass is 35.5. The number of halogens is 1. The molecule has 0 spiro atoms. The van der Waals surface area contributed by atoms with Crippen LogP contribution in [0.1, 0.15) is 22.5 Å². The molecule has 0 saturated heterocycles. The van der Waals surface area contributed by atoms with Gasteiger partial charge in [0.2, 0.25) is 0 Å². The lowest BCUT2D eigenvalue weighted by molar-refractivity contribution is 0.772. The minimum atomic E-state index is 0.363. The SMILES string of the molecule is Cc1ccc(-n2nnc(CN)c2Cc2ccccc2)cc1Cl. The first kappa shape index (κ1) is 14.8. The molecule has 0 aliphatic carbocycles. The van der Waals surface area contributed by atoms with E-state index in [0.717, 1.165) is 29.1 Å². The number of benzene rings is 2. The number of hydrogen-bond donors (Lipinski definition) is 1. The molecule has 3 rings (SSSR count). The highest BCUT2D eigenvalue weighted by Crippen LogP contribution is 2.22. The van der Waals surface area contributed by atoms with Gasteiger partial charge in [-0.1, -0.05) is 53.2 Å². The fraction of sp³-hybridized carbons (Fsp3) is 0.176. The van der Waals surface area contributed by atoms with Gasteiger partial charge in [-0.05, 0) is 30.2 Å². The highest BCUT2D eigenvalue weighted by Gasteiger charge is 2.14. The van der Waals surface area contributed by atoms with E-state index in [1.54, 1.807) is 0 Å². The summed E-state index contributed by atoms with van der Waals surface area (Å²) in [5.74, 6) is 0. The van der Waals surface area contributed by atoms with Crippen LogP contribution in [0.3, 0.4) is 0 Å². The van der Waals surface area contributed by atoms with E-state index in [-0.39, 0.29) is 0 Å². The number of aromatic nitrogens is 3. The molecule has 3 aromatic rings. The summed E-state index contributed by atoms with van der Waals surface area (Å²) >= 11 is 6.23. The van der Waals surface area contributed by atoms with Gasteiger partial charge in [0.1, 0.15) is 5.69 Å². The Kier molecular flexibility index (Phi) is 4.22. The van der Waals surface area contributed by atoms with Crippen molar-refractivity contribution < 1.29 is 0 Å². The minimum absolute atomic E-state index is 0.363. The van der Waals surface area contributed by atoms with E-state index < -0.39 is 0 Å². The zero-order valence-corrected chi connectivity index (χ0v) is 13.1. The zero-order chi connectivity index (χ0) is 15.5. The van der Waals surface area contributed by atoms with Crippen molar-refractivity contribution in [2.45, 2.75) is 19.9 Å². The molecule has 0 aliphatic heterocycles. The van der Waals surface area contributed by atoms with Crippen molar-refractivity contribution in [3.05, 3.63) is 76.1 Å². The molecule has 0 radical (unpaired) electrons. The maximum Gasteiger partial charge on any atom is 0.100 e. The molecule has 0 amide bonds. The van der Waals surface area contributed by atoms with Gasteiger partial charge in [-0.15, -0.1) is 5.10 Å². The number of aryl methyl sites for hydroxylation is 1. The molecule has 22 heavy (non-hydrogen) atoms. The van der Waals surface area contributed by atoms with E-state index in [9.17, 15) is 0 Å². The van der Waals surface area contributed by atoms with E-state index in [2.05, 4.69) is 22.4 Å². The molecule has 0 unspecified atom stereocenters.